The number of carbonyl (C=O) groups excluding carboxylic acids is 1. The molecule has 2 aliphatic heterocycles. The van der Waals surface area contributed by atoms with Crippen LogP contribution < -0.4 is 10.2 Å². The van der Waals surface area contributed by atoms with Crippen molar-refractivity contribution in [2.45, 2.75) is 25.4 Å². The molecule has 0 radical (unpaired) electrons. The van der Waals surface area contributed by atoms with Gasteiger partial charge in [-0.3, -0.25) is 9.69 Å². The average Bonchev–Trinajstić information content (AvgIpc) is 3.23. The highest BCUT2D eigenvalue weighted by Crippen LogP contribution is 2.32. The number of para-hydroxylation sites is 2. The molecule has 0 spiro atoms. The summed E-state index contributed by atoms with van der Waals surface area (Å²) in [5.74, 6) is 0.135. The molecule has 0 aliphatic carbocycles. The number of fused-ring (bicyclic) bond motifs is 1. The second-order valence-corrected chi connectivity index (χ2v) is 7.20. The van der Waals surface area contributed by atoms with E-state index in [0.717, 1.165) is 31.6 Å². The Bertz CT molecular complexity index is 811. The van der Waals surface area contributed by atoms with E-state index in [1.54, 1.807) is 0 Å². The molecule has 2 heterocycles. The molecule has 26 heavy (non-hydrogen) atoms. The minimum Gasteiger partial charge on any atom is -0.384 e. The van der Waals surface area contributed by atoms with E-state index in [1.165, 1.54) is 16.8 Å². The Hall–Kier alpha value is -1.75. The SMILES string of the molecule is CN(Cc1cccc2c1NCC2)C1CCN(c2ccccc2Cl)C1=O.Cl. The lowest BCUT2D eigenvalue weighted by Crippen LogP contribution is -2.39. The number of amides is 1. The minimum absolute atomic E-state index is 0. The molecule has 1 amide bonds. The van der Waals surface area contributed by atoms with Gasteiger partial charge < -0.3 is 10.2 Å². The molecule has 4 rings (SSSR count). The van der Waals surface area contributed by atoms with Crippen LogP contribution >= 0.6 is 24.0 Å². The van der Waals surface area contributed by atoms with Gasteiger partial charge in [0.05, 0.1) is 16.8 Å². The van der Waals surface area contributed by atoms with Crippen LogP contribution in [-0.4, -0.2) is 37.0 Å². The lowest BCUT2D eigenvalue weighted by atomic mass is 10.1. The third kappa shape index (κ3) is 3.41. The summed E-state index contributed by atoms with van der Waals surface area (Å²) < 4.78 is 0. The first-order valence-corrected chi connectivity index (χ1v) is 9.14. The largest absolute Gasteiger partial charge is 0.384 e. The Kier molecular flexibility index (Phi) is 5.76. The van der Waals surface area contributed by atoms with Crippen molar-refractivity contribution in [1.29, 1.82) is 0 Å². The summed E-state index contributed by atoms with van der Waals surface area (Å²) >= 11 is 6.27. The molecular weight excluding hydrogens is 369 g/mol. The quantitative estimate of drug-likeness (QED) is 0.856. The molecular formula is C20H23Cl2N3O. The Labute approximate surface area is 165 Å². The molecule has 2 aromatic carbocycles. The van der Waals surface area contributed by atoms with Crippen LogP contribution in [0.5, 0.6) is 0 Å². The van der Waals surface area contributed by atoms with Crippen LogP contribution in [0.25, 0.3) is 0 Å². The highest BCUT2D eigenvalue weighted by Gasteiger charge is 2.36. The number of halogens is 2. The normalized spacial score (nSPS) is 18.7. The zero-order valence-electron chi connectivity index (χ0n) is 14.7. The molecule has 6 heteroatoms. The van der Waals surface area contributed by atoms with Gasteiger partial charge in [-0.1, -0.05) is 41.9 Å². The zero-order valence-corrected chi connectivity index (χ0v) is 16.3. The van der Waals surface area contributed by atoms with Crippen molar-refractivity contribution in [3.8, 4) is 0 Å². The smallest absolute Gasteiger partial charge is 0.244 e. The van der Waals surface area contributed by atoms with Crippen molar-refractivity contribution in [1.82, 2.24) is 4.90 Å². The standard InChI is InChI=1S/C20H22ClN3O.ClH/c1-23(13-15-6-4-5-14-9-11-22-19(14)15)18-10-12-24(20(18)25)17-8-3-2-7-16(17)21;/h2-8,18,22H,9-13H2,1H3;1H. The number of anilines is 2. The van der Waals surface area contributed by atoms with Gasteiger partial charge in [0, 0.05) is 25.3 Å². The van der Waals surface area contributed by atoms with Crippen molar-refractivity contribution in [2.24, 2.45) is 0 Å². The van der Waals surface area contributed by atoms with Crippen molar-refractivity contribution >= 4 is 41.3 Å². The summed E-state index contributed by atoms with van der Waals surface area (Å²) in [6, 6.07) is 13.9. The zero-order chi connectivity index (χ0) is 17.4. The first kappa shape index (κ1) is 19.0. The maximum absolute atomic E-state index is 12.9. The number of nitrogens with zero attached hydrogens (tertiary/aromatic N) is 2. The van der Waals surface area contributed by atoms with Gasteiger partial charge in [0.15, 0.2) is 0 Å². The van der Waals surface area contributed by atoms with E-state index >= 15 is 0 Å². The molecule has 2 aliphatic rings. The molecule has 0 bridgehead atoms. The van der Waals surface area contributed by atoms with E-state index in [9.17, 15) is 4.79 Å². The maximum Gasteiger partial charge on any atom is 0.244 e. The third-order valence-corrected chi connectivity index (χ3v) is 5.53. The molecule has 2 aromatic rings. The van der Waals surface area contributed by atoms with Crippen molar-refractivity contribution in [3.63, 3.8) is 0 Å². The second-order valence-electron chi connectivity index (χ2n) is 6.79. The fourth-order valence-corrected chi connectivity index (χ4v) is 4.14. The number of hydrogen-bond donors (Lipinski definition) is 1. The van der Waals surface area contributed by atoms with Gasteiger partial charge in [-0.25, -0.2) is 0 Å². The monoisotopic (exact) mass is 391 g/mol. The van der Waals surface area contributed by atoms with Gasteiger partial charge in [-0.15, -0.1) is 12.4 Å². The summed E-state index contributed by atoms with van der Waals surface area (Å²) in [5.41, 5.74) is 4.71. The molecule has 1 saturated heterocycles. The predicted octanol–water partition coefficient (Wildman–Crippen LogP) is 3.97. The highest BCUT2D eigenvalue weighted by atomic mass is 35.5. The average molecular weight is 392 g/mol. The summed E-state index contributed by atoms with van der Waals surface area (Å²) in [7, 11) is 2.03. The number of likely N-dealkylation sites (N-methyl/N-ethyl adjacent to an activating group) is 1. The molecule has 0 saturated carbocycles. The highest BCUT2D eigenvalue weighted by molar-refractivity contribution is 6.33. The van der Waals surface area contributed by atoms with E-state index in [0.29, 0.717) is 11.6 Å². The van der Waals surface area contributed by atoms with Gasteiger partial charge in [0.25, 0.3) is 0 Å². The summed E-state index contributed by atoms with van der Waals surface area (Å²) in [5, 5.41) is 4.11. The summed E-state index contributed by atoms with van der Waals surface area (Å²) in [4.78, 5) is 16.9. The van der Waals surface area contributed by atoms with Crippen LogP contribution in [0.3, 0.4) is 0 Å². The molecule has 138 valence electrons. The number of hydrogen-bond acceptors (Lipinski definition) is 3. The lowest BCUT2D eigenvalue weighted by Gasteiger charge is -2.25. The van der Waals surface area contributed by atoms with Crippen LogP contribution in [0, 0.1) is 0 Å². The Balaban J connectivity index is 0.00000196. The van der Waals surface area contributed by atoms with Gasteiger partial charge in [-0.05, 0) is 43.1 Å². The van der Waals surface area contributed by atoms with Gasteiger partial charge in [-0.2, -0.15) is 0 Å². The predicted molar refractivity (Wildman–Crippen MR) is 110 cm³/mol. The van der Waals surface area contributed by atoms with E-state index in [1.807, 2.05) is 36.2 Å². The van der Waals surface area contributed by atoms with Crippen LogP contribution in [0.15, 0.2) is 42.5 Å². The lowest BCUT2D eigenvalue weighted by molar-refractivity contribution is -0.121. The van der Waals surface area contributed by atoms with Gasteiger partial charge in [0.1, 0.15) is 0 Å². The number of benzene rings is 2. The first-order chi connectivity index (χ1) is 12.1. The molecule has 4 nitrogen and oxygen atoms in total. The number of carbonyl (C=O) groups is 1. The van der Waals surface area contributed by atoms with E-state index < -0.39 is 0 Å². The van der Waals surface area contributed by atoms with Crippen molar-refractivity contribution in [2.75, 3.05) is 30.4 Å². The maximum atomic E-state index is 12.9. The van der Waals surface area contributed by atoms with E-state index in [-0.39, 0.29) is 24.4 Å². The summed E-state index contributed by atoms with van der Waals surface area (Å²) in [6.07, 6.45) is 1.90. The molecule has 0 aromatic heterocycles. The van der Waals surface area contributed by atoms with Crippen molar-refractivity contribution < 1.29 is 4.79 Å². The van der Waals surface area contributed by atoms with Crippen LogP contribution in [0.4, 0.5) is 11.4 Å². The summed E-state index contributed by atoms with van der Waals surface area (Å²) in [6.45, 7) is 2.48. The molecule has 1 N–H and O–H groups in total. The third-order valence-electron chi connectivity index (χ3n) is 5.21. The number of nitrogens with one attached hydrogen (secondary N) is 1. The first-order valence-electron chi connectivity index (χ1n) is 8.76. The number of rotatable bonds is 4. The molecule has 1 atom stereocenters. The van der Waals surface area contributed by atoms with Crippen LogP contribution in [0.2, 0.25) is 5.02 Å². The Morgan fingerprint density at radius 3 is 2.85 bits per heavy atom. The second kappa shape index (κ2) is 7.87. The van der Waals surface area contributed by atoms with E-state index in [2.05, 4.69) is 28.4 Å². The van der Waals surface area contributed by atoms with Gasteiger partial charge >= 0.3 is 0 Å². The fourth-order valence-electron chi connectivity index (χ4n) is 3.91. The minimum atomic E-state index is -0.103. The van der Waals surface area contributed by atoms with E-state index in [4.69, 9.17) is 11.6 Å². The molecule has 1 fully saturated rings. The topological polar surface area (TPSA) is 35.6 Å². The van der Waals surface area contributed by atoms with Gasteiger partial charge in [0.2, 0.25) is 5.91 Å². The van der Waals surface area contributed by atoms with Crippen LogP contribution in [-0.2, 0) is 17.8 Å². The van der Waals surface area contributed by atoms with Crippen molar-refractivity contribution in [3.05, 3.63) is 58.6 Å². The Morgan fingerprint density at radius 1 is 1.23 bits per heavy atom. The molecule has 1 unspecified atom stereocenters. The fraction of sp³-hybridized carbons (Fsp3) is 0.350. The Morgan fingerprint density at radius 2 is 2.04 bits per heavy atom. The van der Waals surface area contributed by atoms with Crippen LogP contribution in [0.1, 0.15) is 17.5 Å².